The van der Waals surface area contributed by atoms with E-state index in [4.69, 9.17) is 15.6 Å². The summed E-state index contributed by atoms with van der Waals surface area (Å²) in [7, 11) is 0. The summed E-state index contributed by atoms with van der Waals surface area (Å²) in [6, 6.07) is -0.0926. The normalized spacial score (nSPS) is 35.2. The maximum atomic E-state index is 10.8. The minimum atomic E-state index is -0.767. The number of carbonyl (C=O) groups is 1. The number of nitrogens with two attached hydrogens (primary N) is 1. The third kappa shape index (κ3) is 2.45. The molecule has 1 aliphatic heterocycles. The Morgan fingerprint density at radius 3 is 2.86 bits per heavy atom. The van der Waals surface area contributed by atoms with Gasteiger partial charge in [0.2, 0.25) is 0 Å². The van der Waals surface area contributed by atoms with Crippen molar-refractivity contribution in [3.8, 4) is 0 Å². The average molecular weight is 201 g/mol. The Morgan fingerprint density at radius 1 is 1.79 bits per heavy atom. The monoisotopic (exact) mass is 201 g/mol. The van der Waals surface area contributed by atoms with Crippen LogP contribution < -0.4 is 5.73 Å². The molecule has 4 nitrogen and oxygen atoms in total. The zero-order valence-corrected chi connectivity index (χ0v) is 8.82. The van der Waals surface area contributed by atoms with Gasteiger partial charge in [0.25, 0.3) is 0 Å². The van der Waals surface area contributed by atoms with Gasteiger partial charge in [-0.3, -0.25) is 4.79 Å². The van der Waals surface area contributed by atoms with Crippen LogP contribution in [0.4, 0.5) is 0 Å². The van der Waals surface area contributed by atoms with E-state index in [2.05, 4.69) is 0 Å². The van der Waals surface area contributed by atoms with Crippen molar-refractivity contribution in [3.05, 3.63) is 0 Å². The molecule has 3 N–H and O–H groups in total. The molecule has 0 aliphatic carbocycles. The summed E-state index contributed by atoms with van der Waals surface area (Å²) in [5.41, 5.74) is 5.62. The second kappa shape index (κ2) is 4.28. The number of hydrogen-bond donors (Lipinski definition) is 2. The number of carboxylic acid groups (broad SMARTS) is 1. The maximum Gasteiger partial charge on any atom is 0.303 e. The largest absolute Gasteiger partial charge is 0.481 e. The van der Waals surface area contributed by atoms with E-state index >= 15 is 0 Å². The molecule has 1 fully saturated rings. The van der Waals surface area contributed by atoms with Gasteiger partial charge in [-0.25, -0.2) is 0 Å². The van der Waals surface area contributed by atoms with Gasteiger partial charge in [-0.2, -0.15) is 0 Å². The van der Waals surface area contributed by atoms with Crippen molar-refractivity contribution in [3.63, 3.8) is 0 Å². The van der Waals surface area contributed by atoms with E-state index in [1.54, 1.807) is 0 Å². The lowest BCUT2D eigenvalue weighted by Gasteiger charge is -2.42. The van der Waals surface area contributed by atoms with E-state index in [0.717, 1.165) is 12.8 Å². The lowest BCUT2D eigenvalue weighted by atomic mass is 9.70. The molecule has 0 aromatic rings. The van der Waals surface area contributed by atoms with Crippen LogP contribution >= 0.6 is 0 Å². The summed E-state index contributed by atoms with van der Waals surface area (Å²) in [6.07, 6.45) is 1.77. The Labute approximate surface area is 84.4 Å². The van der Waals surface area contributed by atoms with Gasteiger partial charge in [0.1, 0.15) is 0 Å². The predicted octanol–water partition coefficient (Wildman–Crippen LogP) is 0.994. The molecule has 0 aromatic carbocycles. The molecule has 0 saturated carbocycles. The van der Waals surface area contributed by atoms with Crippen LogP contribution in [0.1, 0.15) is 33.1 Å². The fourth-order valence-corrected chi connectivity index (χ4v) is 2.23. The number of ether oxygens (including phenoxy) is 1. The van der Waals surface area contributed by atoms with Crippen molar-refractivity contribution in [1.29, 1.82) is 0 Å². The quantitative estimate of drug-likeness (QED) is 0.714. The van der Waals surface area contributed by atoms with Gasteiger partial charge in [0, 0.05) is 18.1 Å². The second-order valence-electron chi connectivity index (χ2n) is 4.36. The maximum absolute atomic E-state index is 10.8. The fourth-order valence-electron chi connectivity index (χ4n) is 2.23. The molecule has 1 rings (SSSR count). The minimum absolute atomic E-state index is 0.0926. The van der Waals surface area contributed by atoms with Gasteiger partial charge >= 0.3 is 5.97 Å². The van der Waals surface area contributed by atoms with Crippen LogP contribution in [0, 0.1) is 5.41 Å². The van der Waals surface area contributed by atoms with E-state index < -0.39 is 5.97 Å². The van der Waals surface area contributed by atoms with Crippen LogP contribution in [0.3, 0.4) is 0 Å². The SMILES string of the molecule is CC1CC(CC(=O)O)(C(C)N)CCO1. The van der Waals surface area contributed by atoms with Gasteiger partial charge in [0.15, 0.2) is 0 Å². The van der Waals surface area contributed by atoms with Crippen LogP contribution in [-0.2, 0) is 9.53 Å². The van der Waals surface area contributed by atoms with Crippen LogP contribution in [0.5, 0.6) is 0 Å². The van der Waals surface area contributed by atoms with Crippen molar-refractivity contribution in [1.82, 2.24) is 0 Å². The zero-order chi connectivity index (χ0) is 10.8. The standard InChI is InChI=1S/C10H19NO3/c1-7-5-10(8(2)11,3-4-14-7)6-9(12)13/h7-8H,3-6,11H2,1-2H3,(H,12,13). The second-order valence-corrected chi connectivity index (χ2v) is 4.36. The molecule has 4 heteroatoms. The Balaban J connectivity index is 2.74. The highest BCUT2D eigenvalue weighted by Crippen LogP contribution is 2.39. The lowest BCUT2D eigenvalue weighted by molar-refractivity contribution is -0.143. The molecule has 0 radical (unpaired) electrons. The predicted molar refractivity (Wildman–Crippen MR) is 53.0 cm³/mol. The van der Waals surface area contributed by atoms with Crippen LogP contribution in [0.15, 0.2) is 0 Å². The Morgan fingerprint density at radius 2 is 2.43 bits per heavy atom. The van der Waals surface area contributed by atoms with E-state index in [1.165, 1.54) is 0 Å². The third-order valence-corrected chi connectivity index (χ3v) is 3.17. The van der Waals surface area contributed by atoms with Crippen molar-refractivity contribution >= 4 is 5.97 Å². The van der Waals surface area contributed by atoms with Gasteiger partial charge in [-0.15, -0.1) is 0 Å². The first-order valence-corrected chi connectivity index (χ1v) is 5.05. The van der Waals surface area contributed by atoms with Gasteiger partial charge in [-0.05, 0) is 26.7 Å². The average Bonchev–Trinajstić information content (AvgIpc) is 2.02. The topological polar surface area (TPSA) is 72.5 Å². The zero-order valence-electron chi connectivity index (χ0n) is 8.82. The Bertz CT molecular complexity index is 217. The highest BCUT2D eigenvalue weighted by Gasteiger charge is 2.40. The summed E-state index contributed by atoms with van der Waals surface area (Å²) in [6.45, 7) is 4.48. The highest BCUT2D eigenvalue weighted by molar-refractivity contribution is 5.67. The molecule has 0 bridgehead atoms. The summed E-state index contributed by atoms with van der Waals surface area (Å²) in [5.74, 6) is -0.767. The number of rotatable bonds is 3. The van der Waals surface area contributed by atoms with Gasteiger partial charge in [-0.1, -0.05) is 0 Å². The molecule has 1 heterocycles. The number of aliphatic carboxylic acids is 1. The first-order chi connectivity index (χ1) is 6.46. The fraction of sp³-hybridized carbons (Fsp3) is 0.900. The van der Waals surface area contributed by atoms with E-state index in [9.17, 15) is 4.79 Å². The van der Waals surface area contributed by atoms with Gasteiger partial charge < -0.3 is 15.6 Å². The number of carboxylic acids is 1. The van der Waals surface area contributed by atoms with Crippen molar-refractivity contribution in [2.45, 2.75) is 45.3 Å². The Hall–Kier alpha value is -0.610. The van der Waals surface area contributed by atoms with Crippen LogP contribution in [0.2, 0.25) is 0 Å². The van der Waals surface area contributed by atoms with Gasteiger partial charge in [0.05, 0.1) is 12.5 Å². The molecular formula is C10H19NO3. The van der Waals surface area contributed by atoms with Crippen LogP contribution in [-0.4, -0.2) is 29.8 Å². The number of hydrogen-bond acceptors (Lipinski definition) is 3. The summed E-state index contributed by atoms with van der Waals surface area (Å²) < 4.78 is 5.42. The van der Waals surface area contributed by atoms with E-state index in [1.807, 2.05) is 13.8 Å². The van der Waals surface area contributed by atoms with E-state index in [-0.39, 0.29) is 24.0 Å². The first-order valence-electron chi connectivity index (χ1n) is 5.05. The summed E-state index contributed by atoms with van der Waals surface area (Å²) in [5, 5.41) is 8.87. The molecule has 1 saturated heterocycles. The third-order valence-electron chi connectivity index (χ3n) is 3.17. The highest BCUT2D eigenvalue weighted by atomic mass is 16.5. The first kappa shape index (κ1) is 11.5. The molecule has 0 amide bonds. The molecule has 0 spiro atoms. The summed E-state index contributed by atoms with van der Waals surface area (Å²) in [4.78, 5) is 10.8. The van der Waals surface area contributed by atoms with Crippen molar-refractivity contribution < 1.29 is 14.6 Å². The molecule has 0 aromatic heterocycles. The molecule has 82 valence electrons. The van der Waals surface area contributed by atoms with Crippen molar-refractivity contribution in [2.24, 2.45) is 11.1 Å². The lowest BCUT2D eigenvalue weighted by Crippen LogP contribution is -2.47. The minimum Gasteiger partial charge on any atom is -0.481 e. The molecule has 3 atom stereocenters. The molecule has 1 aliphatic rings. The van der Waals surface area contributed by atoms with Crippen LogP contribution in [0.25, 0.3) is 0 Å². The molecule has 14 heavy (non-hydrogen) atoms. The van der Waals surface area contributed by atoms with E-state index in [0.29, 0.717) is 6.61 Å². The molecular weight excluding hydrogens is 182 g/mol. The van der Waals surface area contributed by atoms with Crippen molar-refractivity contribution in [2.75, 3.05) is 6.61 Å². The molecule has 3 unspecified atom stereocenters. The summed E-state index contributed by atoms with van der Waals surface area (Å²) >= 11 is 0. The Kier molecular flexibility index (Phi) is 3.50. The smallest absolute Gasteiger partial charge is 0.303 e.